The Hall–Kier alpha value is -2.62. The predicted octanol–water partition coefficient (Wildman–Crippen LogP) is 2.94. The van der Waals surface area contributed by atoms with Gasteiger partial charge in [0, 0.05) is 31.6 Å². The minimum atomic E-state index is -4.50. The first-order valence-corrected chi connectivity index (χ1v) is 10.6. The molecule has 2 aromatic rings. The largest absolute Gasteiger partial charge is 0.472 e. The average Bonchev–Trinajstić information content (AvgIpc) is 3.15. The summed E-state index contributed by atoms with van der Waals surface area (Å²) < 4.78 is 68.3. The van der Waals surface area contributed by atoms with Crippen molar-refractivity contribution < 1.29 is 31.1 Å². The minimum absolute atomic E-state index is 0.158. The van der Waals surface area contributed by atoms with Crippen LogP contribution in [0.1, 0.15) is 18.4 Å². The Balaban J connectivity index is 1.54. The van der Waals surface area contributed by atoms with Crippen molar-refractivity contribution in [1.82, 2.24) is 9.88 Å². The van der Waals surface area contributed by atoms with Gasteiger partial charge in [-0.3, -0.25) is 4.79 Å². The molecule has 0 spiro atoms. The van der Waals surface area contributed by atoms with Gasteiger partial charge < -0.3 is 9.64 Å². The number of hydrogen-bond acceptors (Lipinski definition) is 5. The van der Waals surface area contributed by atoms with E-state index >= 15 is 0 Å². The summed E-state index contributed by atoms with van der Waals surface area (Å²) in [6, 6.07) is 9.54. The second kappa shape index (κ2) is 8.40. The van der Waals surface area contributed by atoms with Crippen LogP contribution in [0.15, 0.2) is 53.6 Å². The molecule has 1 amide bonds. The summed E-state index contributed by atoms with van der Waals surface area (Å²) in [6.45, 7) is 0.510. The maximum absolute atomic E-state index is 12.8. The van der Waals surface area contributed by atoms with Crippen molar-refractivity contribution in [2.24, 2.45) is 0 Å². The van der Waals surface area contributed by atoms with Gasteiger partial charge >= 0.3 is 6.18 Å². The monoisotopic (exact) mass is 428 g/mol. The fourth-order valence-corrected chi connectivity index (χ4v) is 4.25. The second-order valence-corrected chi connectivity index (χ2v) is 8.74. The topological polar surface area (TPSA) is 76.6 Å². The number of likely N-dealkylation sites (tertiary alicyclic amines) is 1. The highest BCUT2D eigenvalue weighted by Gasteiger charge is 2.32. The molecule has 10 heteroatoms. The molecule has 1 saturated heterocycles. The zero-order chi connectivity index (χ0) is 21.1. The number of pyridine rings is 1. The number of amides is 1. The Bertz CT molecular complexity index is 965. The summed E-state index contributed by atoms with van der Waals surface area (Å²) in [7, 11) is -3.56. The van der Waals surface area contributed by atoms with Gasteiger partial charge in [0.25, 0.3) is 0 Å². The molecule has 0 saturated carbocycles. The normalized spacial score (nSPS) is 17.3. The van der Waals surface area contributed by atoms with Crippen molar-refractivity contribution in [2.75, 3.05) is 18.8 Å². The zero-order valence-electron chi connectivity index (χ0n) is 15.3. The predicted molar refractivity (Wildman–Crippen MR) is 98.0 cm³/mol. The number of sulfone groups is 1. The number of halogens is 3. The van der Waals surface area contributed by atoms with E-state index in [0.29, 0.717) is 13.0 Å². The highest BCUT2D eigenvalue weighted by atomic mass is 32.2. The Kier molecular flexibility index (Phi) is 6.11. The number of alkyl halides is 3. The van der Waals surface area contributed by atoms with Gasteiger partial charge in [0.05, 0.1) is 22.8 Å². The Morgan fingerprint density at radius 2 is 1.93 bits per heavy atom. The number of benzene rings is 1. The van der Waals surface area contributed by atoms with E-state index in [0.717, 1.165) is 18.3 Å². The van der Waals surface area contributed by atoms with Crippen LogP contribution in [0.4, 0.5) is 13.2 Å². The number of carbonyl (C=O) groups is 1. The van der Waals surface area contributed by atoms with Gasteiger partial charge in [0.2, 0.25) is 11.8 Å². The summed E-state index contributed by atoms with van der Waals surface area (Å²) in [5.41, 5.74) is -0.862. The third-order valence-electron chi connectivity index (χ3n) is 4.53. The molecule has 1 aromatic carbocycles. The lowest BCUT2D eigenvalue weighted by molar-refractivity contribution is -0.137. The first-order chi connectivity index (χ1) is 13.6. The van der Waals surface area contributed by atoms with Gasteiger partial charge in [-0.1, -0.05) is 18.2 Å². The fourth-order valence-electron chi connectivity index (χ4n) is 3.00. The number of ether oxygens (including phenoxy) is 1. The van der Waals surface area contributed by atoms with E-state index in [1.54, 1.807) is 18.2 Å². The molecule has 1 atom stereocenters. The van der Waals surface area contributed by atoms with E-state index in [1.807, 2.05) is 0 Å². The molecule has 0 N–H and O–H groups in total. The third-order valence-corrected chi connectivity index (χ3v) is 6.27. The standard InChI is InChI=1S/C19H19F3N2O4S/c20-19(21,22)14-6-9-23-17(12-14)28-15-7-10-24(13-15)18(25)8-11-29(26,27)16-4-2-1-3-5-16/h1-6,9,12,15H,7-8,10-11,13H2/t15-/m1/s1. The van der Waals surface area contributed by atoms with Crippen molar-refractivity contribution in [1.29, 1.82) is 0 Å². The average molecular weight is 428 g/mol. The number of hydrogen-bond donors (Lipinski definition) is 0. The smallest absolute Gasteiger partial charge is 0.416 e. The van der Waals surface area contributed by atoms with Crippen LogP contribution in [0, 0.1) is 0 Å². The third kappa shape index (κ3) is 5.47. The fraction of sp³-hybridized carbons (Fsp3) is 0.368. The summed E-state index contributed by atoms with van der Waals surface area (Å²) in [4.78, 5) is 17.7. The molecule has 0 aliphatic carbocycles. The maximum Gasteiger partial charge on any atom is 0.416 e. The molecule has 6 nitrogen and oxygen atoms in total. The molecule has 1 aromatic heterocycles. The zero-order valence-corrected chi connectivity index (χ0v) is 16.1. The van der Waals surface area contributed by atoms with Crippen LogP contribution in [0.5, 0.6) is 5.88 Å². The lowest BCUT2D eigenvalue weighted by Crippen LogP contribution is -2.32. The summed E-state index contributed by atoms with van der Waals surface area (Å²) in [6.07, 6.45) is -3.73. The van der Waals surface area contributed by atoms with Crippen molar-refractivity contribution in [3.05, 3.63) is 54.2 Å². The van der Waals surface area contributed by atoms with Crippen molar-refractivity contribution >= 4 is 15.7 Å². The molecule has 0 bridgehead atoms. The van der Waals surface area contributed by atoms with Gasteiger partial charge in [-0.2, -0.15) is 13.2 Å². The van der Waals surface area contributed by atoms with Gasteiger partial charge in [0.1, 0.15) is 6.10 Å². The number of rotatable bonds is 6. The molecule has 1 fully saturated rings. The van der Waals surface area contributed by atoms with Crippen molar-refractivity contribution in [2.45, 2.75) is 30.0 Å². The molecular weight excluding hydrogens is 409 g/mol. The van der Waals surface area contributed by atoms with Crippen LogP contribution in [-0.2, 0) is 20.8 Å². The molecule has 156 valence electrons. The quantitative estimate of drug-likeness (QED) is 0.707. The number of carbonyl (C=O) groups excluding carboxylic acids is 1. The lowest BCUT2D eigenvalue weighted by atomic mass is 10.2. The van der Waals surface area contributed by atoms with Crippen LogP contribution in [-0.4, -0.2) is 49.2 Å². The second-order valence-electron chi connectivity index (χ2n) is 6.63. The van der Waals surface area contributed by atoms with E-state index in [-0.39, 0.29) is 35.4 Å². The molecule has 29 heavy (non-hydrogen) atoms. The van der Waals surface area contributed by atoms with E-state index in [1.165, 1.54) is 17.0 Å². The lowest BCUT2D eigenvalue weighted by Gasteiger charge is -2.17. The van der Waals surface area contributed by atoms with Crippen LogP contribution in [0.3, 0.4) is 0 Å². The summed E-state index contributed by atoms with van der Waals surface area (Å²) in [5.74, 6) is -0.814. The molecule has 2 heterocycles. The van der Waals surface area contributed by atoms with Crippen LogP contribution < -0.4 is 4.74 Å². The first kappa shape index (κ1) is 21.1. The number of aromatic nitrogens is 1. The number of nitrogens with zero attached hydrogens (tertiary/aromatic N) is 2. The molecule has 1 aliphatic rings. The van der Waals surface area contributed by atoms with E-state index in [4.69, 9.17) is 4.74 Å². The highest BCUT2D eigenvalue weighted by molar-refractivity contribution is 7.91. The Morgan fingerprint density at radius 1 is 1.21 bits per heavy atom. The van der Waals surface area contributed by atoms with Crippen LogP contribution in [0.2, 0.25) is 0 Å². The first-order valence-electron chi connectivity index (χ1n) is 8.90. The van der Waals surface area contributed by atoms with Gasteiger partial charge in [-0.05, 0) is 18.2 Å². The molecule has 1 aliphatic heterocycles. The van der Waals surface area contributed by atoms with E-state index in [9.17, 15) is 26.4 Å². The van der Waals surface area contributed by atoms with Crippen LogP contribution in [0.25, 0.3) is 0 Å². The molecular formula is C19H19F3N2O4S. The Morgan fingerprint density at radius 3 is 2.62 bits per heavy atom. The van der Waals surface area contributed by atoms with Gasteiger partial charge in [0.15, 0.2) is 9.84 Å². The SMILES string of the molecule is O=C(CCS(=O)(=O)c1ccccc1)N1CC[C@@H](Oc2cc(C(F)(F)F)ccn2)C1. The molecule has 0 unspecified atom stereocenters. The van der Waals surface area contributed by atoms with Gasteiger partial charge in [-0.15, -0.1) is 0 Å². The highest BCUT2D eigenvalue weighted by Crippen LogP contribution is 2.31. The van der Waals surface area contributed by atoms with E-state index in [2.05, 4.69) is 4.98 Å². The summed E-state index contributed by atoms with van der Waals surface area (Å²) in [5, 5.41) is 0. The van der Waals surface area contributed by atoms with E-state index < -0.39 is 27.7 Å². The van der Waals surface area contributed by atoms with Crippen molar-refractivity contribution in [3.8, 4) is 5.88 Å². The summed E-state index contributed by atoms with van der Waals surface area (Å²) >= 11 is 0. The minimum Gasteiger partial charge on any atom is -0.472 e. The molecule has 3 rings (SSSR count). The van der Waals surface area contributed by atoms with Crippen LogP contribution >= 0.6 is 0 Å². The molecule has 0 radical (unpaired) electrons. The Labute approximate surface area is 166 Å². The van der Waals surface area contributed by atoms with Crippen molar-refractivity contribution in [3.63, 3.8) is 0 Å². The maximum atomic E-state index is 12.8. The van der Waals surface area contributed by atoms with Gasteiger partial charge in [-0.25, -0.2) is 13.4 Å².